The first kappa shape index (κ1) is 10.3. The monoisotopic (exact) mass is 162 g/mol. The number of hydrogen-bond acceptors (Lipinski definition) is 4. The molecule has 0 amide bonds. The van der Waals surface area contributed by atoms with Gasteiger partial charge in [0, 0.05) is 6.54 Å². The quantitative estimate of drug-likeness (QED) is 0.295. The Kier molecular flexibility index (Phi) is 5.73. The third kappa shape index (κ3) is 4.72. The fourth-order valence-electron chi connectivity index (χ4n) is 0.590. The third-order valence-corrected chi connectivity index (χ3v) is 1.22. The van der Waals surface area contributed by atoms with Gasteiger partial charge in [-0.1, -0.05) is 6.92 Å². The summed E-state index contributed by atoms with van der Waals surface area (Å²) in [4.78, 5) is 10.4. The highest BCUT2D eigenvalue weighted by Crippen LogP contribution is 1.87. The fourth-order valence-corrected chi connectivity index (χ4v) is 0.590. The van der Waals surface area contributed by atoms with Gasteiger partial charge in [0.2, 0.25) is 0 Å². The van der Waals surface area contributed by atoms with Gasteiger partial charge < -0.3 is 10.2 Å². The second kappa shape index (κ2) is 6.09. The molecule has 0 aromatic carbocycles. The Morgan fingerprint density at radius 2 is 2.27 bits per heavy atom. The van der Waals surface area contributed by atoms with Gasteiger partial charge in [0.1, 0.15) is 6.04 Å². The summed E-state index contributed by atoms with van der Waals surface area (Å²) in [5.74, 6) is -0.891. The van der Waals surface area contributed by atoms with E-state index in [2.05, 4.69) is 10.9 Å². The maximum absolute atomic E-state index is 10.4. The molecule has 1 atom stereocenters. The van der Waals surface area contributed by atoms with Gasteiger partial charge in [0.05, 0.1) is 6.61 Å². The van der Waals surface area contributed by atoms with Crippen molar-refractivity contribution in [3.63, 3.8) is 0 Å². The molecule has 0 fully saturated rings. The molecule has 0 saturated carbocycles. The van der Waals surface area contributed by atoms with Crippen molar-refractivity contribution in [3.8, 4) is 0 Å². The molecule has 4 N–H and O–H groups in total. The Morgan fingerprint density at radius 1 is 1.64 bits per heavy atom. The van der Waals surface area contributed by atoms with Gasteiger partial charge in [-0.3, -0.25) is 10.2 Å². The standard InChI is InChI=1S/C6H14N2O3/c1-2-5(6(10)11)8-7-3-4-9/h5,7-9H,2-4H2,1H3,(H,10,11). The van der Waals surface area contributed by atoms with Crippen LogP contribution in [0.1, 0.15) is 13.3 Å². The SMILES string of the molecule is CCC(NNCCO)C(=O)O. The first-order chi connectivity index (χ1) is 5.22. The van der Waals surface area contributed by atoms with E-state index in [9.17, 15) is 4.79 Å². The minimum Gasteiger partial charge on any atom is -0.480 e. The number of aliphatic carboxylic acids is 1. The van der Waals surface area contributed by atoms with Crippen LogP contribution in [-0.4, -0.2) is 35.4 Å². The van der Waals surface area contributed by atoms with Gasteiger partial charge in [-0.15, -0.1) is 0 Å². The second-order valence-corrected chi connectivity index (χ2v) is 2.09. The second-order valence-electron chi connectivity index (χ2n) is 2.09. The Balaban J connectivity index is 3.44. The summed E-state index contributed by atoms with van der Waals surface area (Å²) in [6, 6.07) is -0.582. The number of carboxylic acids is 1. The lowest BCUT2D eigenvalue weighted by molar-refractivity contribution is -0.139. The highest BCUT2D eigenvalue weighted by atomic mass is 16.4. The van der Waals surface area contributed by atoms with Gasteiger partial charge in [-0.05, 0) is 6.42 Å². The fraction of sp³-hybridized carbons (Fsp3) is 0.833. The Labute approximate surface area is 65.4 Å². The number of nitrogens with one attached hydrogen (secondary N) is 2. The molecule has 5 heteroatoms. The molecule has 0 radical (unpaired) electrons. The van der Waals surface area contributed by atoms with E-state index in [-0.39, 0.29) is 6.61 Å². The molecule has 0 aliphatic rings. The summed E-state index contributed by atoms with van der Waals surface area (Å²) in [6.45, 7) is 2.11. The van der Waals surface area contributed by atoms with E-state index in [0.29, 0.717) is 13.0 Å². The number of carboxylic acid groups (broad SMARTS) is 1. The van der Waals surface area contributed by atoms with Crippen LogP contribution < -0.4 is 10.9 Å². The Morgan fingerprint density at radius 3 is 2.64 bits per heavy atom. The highest BCUT2D eigenvalue weighted by molar-refractivity contribution is 5.73. The van der Waals surface area contributed by atoms with Crippen molar-refractivity contribution >= 4 is 5.97 Å². The first-order valence-electron chi connectivity index (χ1n) is 3.54. The highest BCUT2D eigenvalue weighted by Gasteiger charge is 2.12. The number of aliphatic hydroxyl groups excluding tert-OH is 1. The van der Waals surface area contributed by atoms with Crippen molar-refractivity contribution in [3.05, 3.63) is 0 Å². The van der Waals surface area contributed by atoms with E-state index < -0.39 is 12.0 Å². The van der Waals surface area contributed by atoms with Gasteiger partial charge in [0.25, 0.3) is 0 Å². The molecule has 0 aromatic heterocycles. The molecule has 11 heavy (non-hydrogen) atoms. The van der Waals surface area contributed by atoms with Crippen LogP contribution in [0.4, 0.5) is 0 Å². The van der Waals surface area contributed by atoms with Crippen LogP contribution in [0.25, 0.3) is 0 Å². The minimum atomic E-state index is -0.891. The number of aliphatic hydroxyl groups is 1. The van der Waals surface area contributed by atoms with Crippen molar-refractivity contribution in [2.24, 2.45) is 0 Å². The summed E-state index contributed by atoms with van der Waals surface area (Å²) in [5.41, 5.74) is 5.15. The normalized spacial score (nSPS) is 12.9. The molecule has 0 aliphatic carbocycles. The van der Waals surface area contributed by atoms with E-state index in [1.165, 1.54) is 0 Å². The minimum absolute atomic E-state index is 0.0109. The summed E-state index contributed by atoms with van der Waals surface area (Å²) < 4.78 is 0. The average molecular weight is 162 g/mol. The number of rotatable bonds is 6. The number of hydrazine groups is 1. The lowest BCUT2D eigenvalue weighted by Crippen LogP contribution is -2.46. The summed E-state index contributed by atoms with van der Waals surface area (Å²) in [7, 11) is 0. The maximum Gasteiger partial charge on any atom is 0.322 e. The smallest absolute Gasteiger partial charge is 0.322 e. The lowest BCUT2D eigenvalue weighted by atomic mass is 10.2. The van der Waals surface area contributed by atoms with Crippen molar-refractivity contribution in [2.45, 2.75) is 19.4 Å². The van der Waals surface area contributed by atoms with Crippen molar-refractivity contribution < 1.29 is 15.0 Å². The molecular weight excluding hydrogens is 148 g/mol. The van der Waals surface area contributed by atoms with E-state index in [4.69, 9.17) is 10.2 Å². The van der Waals surface area contributed by atoms with E-state index >= 15 is 0 Å². The first-order valence-corrected chi connectivity index (χ1v) is 3.54. The van der Waals surface area contributed by atoms with Gasteiger partial charge in [-0.25, -0.2) is 5.43 Å². The topological polar surface area (TPSA) is 81.6 Å². The molecule has 0 heterocycles. The van der Waals surface area contributed by atoms with E-state index in [1.54, 1.807) is 6.92 Å². The largest absolute Gasteiger partial charge is 0.480 e. The summed E-state index contributed by atoms with van der Waals surface area (Å²) >= 11 is 0. The molecule has 66 valence electrons. The van der Waals surface area contributed by atoms with Crippen LogP contribution in [0.3, 0.4) is 0 Å². The zero-order valence-electron chi connectivity index (χ0n) is 6.50. The molecule has 0 bridgehead atoms. The van der Waals surface area contributed by atoms with Gasteiger partial charge >= 0.3 is 5.97 Å². The Bertz CT molecular complexity index is 118. The van der Waals surface area contributed by atoms with E-state index in [1.807, 2.05) is 0 Å². The van der Waals surface area contributed by atoms with Crippen LogP contribution in [0.2, 0.25) is 0 Å². The van der Waals surface area contributed by atoms with Crippen molar-refractivity contribution in [1.82, 2.24) is 10.9 Å². The van der Waals surface area contributed by atoms with Crippen LogP contribution in [0, 0.1) is 0 Å². The molecule has 0 spiro atoms. The van der Waals surface area contributed by atoms with Gasteiger partial charge in [0.15, 0.2) is 0 Å². The van der Waals surface area contributed by atoms with Gasteiger partial charge in [-0.2, -0.15) is 0 Å². The summed E-state index contributed by atoms with van der Waals surface area (Å²) in [6.07, 6.45) is 0.508. The molecule has 0 aliphatic heterocycles. The molecule has 1 unspecified atom stereocenters. The molecule has 5 nitrogen and oxygen atoms in total. The van der Waals surface area contributed by atoms with Crippen molar-refractivity contribution in [2.75, 3.05) is 13.2 Å². The predicted octanol–water partition coefficient (Wildman–Crippen LogP) is -1.06. The summed E-state index contributed by atoms with van der Waals surface area (Å²) in [5, 5.41) is 16.8. The molecule has 0 aromatic rings. The average Bonchev–Trinajstić information content (AvgIpc) is 1.97. The third-order valence-electron chi connectivity index (χ3n) is 1.22. The zero-order valence-corrected chi connectivity index (χ0v) is 6.50. The molecule has 0 saturated heterocycles. The van der Waals surface area contributed by atoms with Crippen LogP contribution in [-0.2, 0) is 4.79 Å². The molecule has 0 rings (SSSR count). The predicted molar refractivity (Wildman–Crippen MR) is 39.9 cm³/mol. The lowest BCUT2D eigenvalue weighted by Gasteiger charge is -2.11. The zero-order chi connectivity index (χ0) is 8.69. The van der Waals surface area contributed by atoms with Crippen molar-refractivity contribution in [1.29, 1.82) is 0 Å². The number of hydrogen-bond donors (Lipinski definition) is 4. The maximum atomic E-state index is 10.4. The van der Waals surface area contributed by atoms with Crippen LogP contribution in [0.15, 0.2) is 0 Å². The van der Waals surface area contributed by atoms with Crippen LogP contribution >= 0.6 is 0 Å². The van der Waals surface area contributed by atoms with E-state index in [0.717, 1.165) is 0 Å². The number of carbonyl (C=O) groups is 1. The van der Waals surface area contributed by atoms with Crippen LogP contribution in [0.5, 0.6) is 0 Å². The Hall–Kier alpha value is -0.650. The molecular formula is C6H14N2O3.